The zero-order valence-corrected chi connectivity index (χ0v) is 16.8. The van der Waals surface area contributed by atoms with Crippen molar-refractivity contribution >= 4 is 21.8 Å². The molecule has 0 spiro atoms. The fourth-order valence-corrected chi connectivity index (χ4v) is 5.21. The SMILES string of the molecule is O=S(=O)(c1cc(F)cc(F)c1)N1CCN(c2ccnc(N3CCCCC3)n2)CC1. The molecule has 7 nitrogen and oxygen atoms in total. The first-order valence-corrected chi connectivity index (χ1v) is 11.2. The summed E-state index contributed by atoms with van der Waals surface area (Å²) in [6.45, 7) is 3.19. The number of hydrogen-bond acceptors (Lipinski definition) is 6. The van der Waals surface area contributed by atoms with Crippen molar-refractivity contribution in [2.75, 3.05) is 49.1 Å². The number of rotatable bonds is 4. The van der Waals surface area contributed by atoms with E-state index >= 15 is 0 Å². The molecule has 29 heavy (non-hydrogen) atoms. The Labute approximate surface area is 169 Å². The van der Waals surface area contributed by atoms with E-state index in [0.717, 1.165) is 43.9 Å². The highest BCUT2D eigenvalue weighted by Gasteiger charge is 2.30. The maximum absolute atomic E-state index is 13.5. The molecule has 2 saturated heterocycles. The van der Waals surface area contributed by atoms with Crippen LogP contribution in [0.15, 0.2) is 35.4 Å². The molecule has 0 saturated carbocycles. The van der Waals surface area contributed by atoms with Crippen LogP contribution in [0.3, 0.4) is 0 Å². The minimum Gasteiger partial charge on any atom is -0.354 e. The first kappa shape index (κ1) is 20.0. The average Bonchev–Trinajstić information content (AvgIpc) is 2.74. The highest BCUT2D eigenvalue weighted by molar-refractivity contribution is 7.89. The molecule has 0 aliphatic carbocycles. The van der Waals surface area contributed by atoms with Gasteiger partial charge in [0.2, 0.25) is 16.0 Å². The zero-order chi connectivity index (χ0) is 20.4. The van der Waals surface area contributed by atoms with Crippen LogP contribution in [0.2, 0.25) is 0 Å². The second-order valence-electron chi connectivity index (χ2n) is 7.26. The van der Waals surface area contributed by atoms with E-state index in [-0.39, 0.29) is 18.0 Å². The first-order valence-electron chi connectivity index (χ1n) is 9.73. The summed E-state index contributed by atoms with van der Waals surface area (Å²) in [7, 11) is -3.95. The van der Waals surface area contributed by atoms with Gasteiger partial charge in [-0.05, 0) is 37.5 Å². The predicted molar refractivity (Wildman–Crippen MR) is 105 cm³/mol. The molecular weight excluding hydrogens is 400 g/mol. The van der Waals surface area contributed by atoms with Gasteiger partial charge in [0.05, 0.1) is 4.90 Å². The highest BCUT2D eigenvalue weighted by Crippen LogP contribution is 2.23. The molecule has 0 N–H and O–H groups in total. The minimum absolute atomic E-state index is 0.212. The molecule has 0 bridgehead atoms. The van der Waals surface area contributed by atoms with E-state index in [2.05, 4.69) is 14.9 Å². The standard InChI is InChI=1S/C19H23F2N5O2S/c20-15-12-16(21)14-17(13-15)29(27,28)26-10-8-24(9-11-26)18-4-5-22-19(23-18)25-6-2-1-3-7-25/h4-5,12-14H,1-3,6-11H2. The minimum atomic E-state index is -3.95. The smallest absolute Gasteiger partial charge is 0.243 e. The van der Waals surface area contributed by atoms with Crippen molar-refractivity contribution in [1.82, 2.24) is 14.3 Å². The van der Waals surface area contributed by atoms with E-state index in [1.807, 2.05) is 11.0 Å². The third kappa shape index (κ3) is 4.32. The quantitative estimate of drug-likeness (QED) is 0.752. The summed E-state index contributed by atoms with van der Waals surface area (Å²) >= 11 is 0. The predicted octanol–water partition coefficient (Wildman–Crippen LogP) is 2.26. The van der Waals surface area contributed by atoms with Crippen LogP contribution >= 0.6 is 0 Å². The molecule has 2 aliphatic heterocycles. The van der Waals surface area contributed by atoms with E-state index in [0.29, 0.717) is 25.1 Å². The van der Waals surface area contributed by atoms with Gasteiger partial charge < -0.3 is 9.80 Å². The van der Waals surface area contributed by atoms with Gasteiger partial charge in [-0.25, -0.2) is 22.2 Å². The van der Waals surface area contributed by atoms with Gasteiger partial charge in [0.1, 0.15) is 17.5 Å². The first-order chi connectivity index (χ1) is 13.9. The van der Waals surface area contributed by atoms with Gasteiger partial charge >= 0.3 is 0 Å². The molecule has 4 rings (SSSR count). The van der Waals surface area contributed by atoms with Crippen LogP contribution in [-0.4, -0.2) is 62.0 Å². The van der Waals surface area contributed by atoms with Gasteiger partial charge in [-0.15, -0.1) is 0 Å². The van der Waals surface area contributed by atoms with E-state index in [9.17, 15) is 17.2 Å². The number of piperazine rings is 1. The molecule has 0 atom stereocenters. The molecule has 2 aromatic rings. The fourth-order valence-electron chi connectivity index (χ4n) is 3.75. The second kappa shape index (κ2) is 8.19. The Morgan fingerprint density at radius 3 is 2.14 bits per heavy atom. The number of benzene rings is 1. The topological polar surface area (TPSA) is 69.6 Å². The van der Waals surface area contributed by atoms with Gasteiger partial charge in [0.25, 0.3) is 0 Å². The number of halogens is 2. The lowest BCUT2D eigenvalue weighted by Gasteiger charge is -2.35. The number of nitrogens with zero attached hydrogens (tertiary/aromatic N) is 5. The van der Waals surface area contributed by atoms with Crippen LogP contribution in [-0.2, 0) is 10.0 Å². The molecule has 1 aromatic carbocycles. The lowest BCUT2D eigenvalue weighted by molar-refractivity contribution is 0.383. The normalized spacial score (nSPS) is 18.8. The third-order valence-corrected chi connectivity index (χ3v) is 7.18. The lowest BCUT2D eigenvalue weighted by atomic mass is 10.1. The largest absolute Gasteiger partial charge is 0.354 e. The summed E-state index contributed by atoms with van der Waals surface area (Å²) in [5, 5.41) is 0. The Hall–Kier alpha value is -2.33. The summed E-state index contributed by atoms with van der Waals surface area (Å²) in [4.78, 5) is 12.9. The van der Waals surface area contributed by atoms with Gasteiger partial charge in [-0.1, -0.05) is 0 Å². The molecular formula is C19H23F2N5O2S. The van der Waals surface area contributed by atoms with Gasteiger partial charge in [-0.3, -0.25) is 0 Å². The number of piperidine rings is 1. The summed E-state index contributed by atoms with van der Waals surface area (Å²) < 4.78 is 53.6. The second-order valence-corrected chi connectivity index (χ2v) is 9.20. The van der Waals surface area contributed by atoms with Gasteiger partial charge in [0, 0.05) is 51.5 Å². The van der Waals surface area contributed by atoms with Crippen molar-refractivity contribution in [3.8, 4) is 0 Å². The molecule has 2 aliphatic rings. The van der Waals surface area contributed by atoms with Crippen molar-refractivity contribution < 1.29 is 17.2 Å². The van der Waals surface area contributed by atoms with Crippen molar-refractivity contribution in [3.63, 3.8) is 0 Å². The summed E-state index contributed by atoms with van der Waals surface area (Å²) in [5.74, 6) is -0.358. The van der Waals surface area contributed by atoms with Crippen molar-refractivity contribution in [2.24, 2.45) is 0 Å². The van der Waals surface area contributed by atoms with Crippen LogP contribution in [0.1, 0.15) is 19.3 Å². The average molecular weight is 423 g/mol. The van der Waals surface area contributed by atoms with Crippen LogP contribution < -0.4 is 9.80 Å². The van der Waals surface area contributed by atoms with Gasteiger partial charge in [-0.2, -0.15) is 9.29 Å². The van der Waals surface area contributed by atoms with Crippen molar-refractivity contribution in [1.29, 1.82) is 0 Å². The molecule has 2 fully saturated rings. The molecule has 3 heterocycles. The van der Waals surface area contributed by atoms with Crippen LogP contribution in [0, 0.1) is 11.6 Å². The molecule has 0 unspecified atom stereocenters. The Morgan fingerprint density at radius 2 is 1.48 bits per heavy atom. The Morgan fingerprint density at radius 1 is 0.828 bits per heavy atom. The molecule has 10 heteroatoms. The summed E-state index contributed by atoms with van der Waals surface area (Å²) in [6.07, 6.45) is 5.21. The molecule has 1 aromatic heterocycles. The van der Waals surface area contributed by atoms with Crippen LogP contribution in [0.25, 0.3) is 0 Å². The monoisotopic (exact) mass is 423 g/mol. The molecule has 0 amide bonds. The van der Waals surface area contributed by atoms with Gasteiger partial charge in [0.15, 0.2) is 0 Å². The van der Waals surface area contributed by atoms with E-state index < -0.39 is 21.7 Å². The van der Waals surface area contributed by atoms with Crippen molar-refractivity contribution in [2.45, 2.75) is 24.2 Å². The maximum atomic E-state index is 13.5. The Balaban J connectivity index is 1.45. The highest BCUT2D eigenvalue weighted by atomic mass is 32.2. The number of sulfonamides is 1. The fraction of sp³-hybridized carbons (Fsp3) is 0.474. The van der Waals surface area contributed by atoms with E-state index in [4.69, 9.17) is 0 Å². The zero-order valence-electron chi connectivity index (χ0n) is 16.0. The number of anilines is 2. The van der Waals surface area contributed by atoms with E-state index in [1.165, 1.54) is 10.7 Å². The maximum Gasteiger partial charge on any atom is 0.243 e. The van der Waals surface area contributed by atoms with Crippen LogP contribution in [0.5, 0.6) is 0 Å². The Bertz CT molecular complexity index is 954. The number of hydrogen-bond donors (Lipinski definition) is 0. The van der Waals surface area contributed by atoms with E-state index in [1.54, 1.807) is 6.20 Å². The van der Waals surface area contributed by atoms with Crippen molar-refractivity contribution in [3.05, 3.63) is 42.1 Å². The summed E-state index contributed by atoms with van der Waals surface area (Å²) in [5.41, 5.74) is 0. The van der Waals surface area contributed by atoms with Crippen LogP contribution in [0.4, 0.5) is 20.5 Å². The molecule has 0 radical (unpaired) electrons. The Kier molecular flexibility index (Phi) is 5.64. The lowest BCUT2D eigenvalue weighted by Crippen LogP contribution is -2.49. The third-order valence-electron chi connectivity index (χ3n) is 5.30. The summed E-state index contributed by atoms with van der Waals surface area (Å²) in [6, 6.07) is 4.17. The number of aromatic nitrogens is 2. The molecule has 156 valence electrons.